The number of methoxy groups -OCH3 is 1. The topological polar surface area (TPSA) is 75.6 Å². The quantitative estimate of drug-likeness (QED) is 0.274. The number of aromatic nitrogens is 2. The number of ether oxygens (including phenoxy) is 1. The van der Waals surface area contributed by atoms with Gasteiger partial charge in [-0.2, -0.15) is 13.2 Å². The maximum absolute atomic E-state index is 13.8. The lowest BCUT2D eigenvalue weighted by atomic mass is 9.93. The van der Waals surface area contributed by atoms with Crippen molar-refractivity contribution >= 4 is 25.6 Å². The van der Waals surface area contributed by atoms with Gasteiger partial charge in [-0.1, -0.05) is 30.3 Å². The molecule has 1 radical (unpaired) electrons. The molecule has 1 aromatic heterocycles. The first kappa shape index (κ1) is 28.3. The maximum atomic E-state index is 13.8. The molecule has 2 heterocycles. The molecule has 1 aliphatic rings. The monoisotopic (exact) mass is 537 g/mol. The molecule has 0 amide bonds. The van der Waals surface area contributed by atoms with Gasteiger partial charge in [0, 0.05) is 62.5 Å². The Balaban J connectivity index is 1.53. The second-order valence-corrected chi connectivity index (χ2v) is 9.26. The van der Waals surface area contributed by atoms with Crippen LogP contribution in [0.5, 0.6) is 5.75 Å². The van der Waals surface area contributed by atoms with Crippen LogP contribution in [0.4, 0.5) is 18.9 Å². The molecular formula is C28H29BF3N4O3. The lowest BCUT2D eigenvalue weighted by molar-refractivity contribution is -0.138. The number of hydrogen-bond donors (Lipinski definition) is 0. The third-order valence-electron chi connectivity index (χ3n) is 6.85. The Morgan fingerprint density at radius 1 is 1.00 bits per heavy atom. The zero-order valence-electron chi connectivity index (χ0n) is 21.7. The van der Waals surface area contributed by atoms with E-state index in [9.17, 15) is 22.8 Å². The van der Waals surface area contributed by atoms with Gasteiger partial charge in [0.05, 0.1) is 24.6 Å². The molecule has 0 aliphatic carbocycles. The first-order valence-corrected chi connectivity index (χ1v) is 12.7. The largest absolute Gasteiger partial charge is 0.496 e. The molecule has 0 spiro atoms. The molecule has 11 heteroatoms. The van der Waals surface area contributed by atoms with Gasteiger partial charge in [0.1, 0.15) is 17.9 Å². The number of hydrogen-bond acceptors (Lipinski definition) is 7. The van der Waals surface area contributed by atoms with Crippen molar-refractivity contribution < 1.29 is 27.5 Å². The number of aldehydes is 1. The summed E-state index contributed by atoms with van der Waals surface area (Å²) < 4.78 is 46.9. The molecule has 0 N–H and O–H groups in total. The predicted molar refractivity (Wildman–Crippen MR) is 143 cm³/mol. The molecule has 3 aromatic rings. The van der Waals surface area contributed by atoms with E-state index in [2.05, 4.69) is 14.9 Å². The minimum atomic E-state index is -4.58. The van der Waals surface area contributed by atoms with E-state index in [4.69, 9.17) is 4.74 Å². The molecule has 1 aliphatic heterocycles. The second-order valence-electron chi connectivity index (χ2n) is 9.26. The molecule has 2 aromatic carbocycles. The molecule has 0 unspecified atom stereocenters. The second kappa shape index (κ2) is 12.9. The van der Waals surface area contributed by atoms with Crippen molar-refractivity contribution in [2.45, 2.75) is 31.9 Å². The van der Waals surface area contributed by atoms with Crippen molar-refractivity contribution in [3.05, 3.63) is 82.4 Å². The van der Waals surface area contributed by atoms with E-state index < -0.39 is 11.7 Å². The van der Waals surface area contributed by atoms with E-state index in [1.54, 1.807) is 32.7 Å². The zero-order chi connectivity index (χ0) is 27.8. The van der Waals surface area contributed by atoms with Gasteiger partial charge in [0.15, 0.2) is 0 Å². The van der Waals surface area contributed by atoms with Crippen LogP contribution in [0, 0.1) is 0 Å². The SMILES string of the molecule is COc1cc(N2CCN([B]C=O)CC2)ccc1Cc1ncc(C(F)(F)F)c(CCc2ccccc2CC=O)n1. The van der Waals surface area contributed by atoms with Crippen LogP contribution in [0.2, 0.25) is 0 Å². The smallest absolute Gasteiger partial charge is 0.419 e. The lowest BCUT2D eigenvalue weighted by Crippen LogP contribution is -2.48. The number of aryl methyl sites for hydroxylation is 2. The molecule has 0 atom stereocenters. The van der Waals surface area contributed by atoms with Gasteiger partial charge in [-0.05, 0) is 30.0 Å². The lowest BCUT2D eigenvalue weighted by Gasteiger charge is -2.35. The fraction of sp³-hybridized carbons (Fsp3) is 0.357. The fourth-order valence-electron chi connectivity index (χ4n) is 4.78. The van der Waals surface area contributed by atoms with Crippen molar-refractivity contribution in [2.24, 2.45) is 0 Å². The Hall–Kier alpha value is -3.73. The Morgan fingerprint density at radius 3 is 2.41 bits per heavy atom. The van der Waals surface area contributed by atoms with Crippen molar-refractivity contribution in [3.63, 3.8) is 0 Å². The molecule has 1 saturated heterocycles. The summed E-state index contributed by atoms with van der Waals surface area (Å²) in [6.07, 6.45) is -1.36. The normalized spacial score (nSPS) is 14.2. The summed E-state index contributed by atoms with van der Waals surface area (Å²) >= 11 is 0. The number of alkyl halides is 3. The van der Waals surface area contributed by atoms with Crippen LogP contribution >= 0.6 is 0 Å². The number of anilines is 1. The van der Waals surface area contributed by atoms with E-state index in [1.165, 1.54) is 0 Å². The number of nitrogens with zero attached hydrogens (tertiary/aromatic N) is 4. The summed E-state index contributed by atoms with van der Waals surface area (Å²) in [4.78, 5) is 34.3. The van der Waals surface area contributed by atoms with Gasteiger partial charge in [0.25, 0.3) is 7.41 Å². The molecule has 39 heavy (non-hydrogen) atoms. The van der Waals surface area contributed by atoms with Gasteiger partial charge < -0.3 is 24.0 Å². The molecule has 0 saturated carbocycles. The van der Waals surface area contributed by atoms with E-state index in [1.807, 2.05) is 29.1 Å². The first-order chi connectivity index (χ1) is 18.8. The van der Waals surface area contributed by atoms with Crippen LogP contribution in [-0.4, -0.2) is 68.0 Å². The van der Waals surface area contributed by atoms with Gasteiger partial charge in [-0.25, -0.2) is 9.97 Å². The Kier molecular flexibility index (Phi) is 9.34. The van der Waals surface area contributed by atoms with Crippen LogP contribution < -0.4 is 9.64 Å². The van der Waals surface area contributed by atoms with Gasteiger partial charge >= 0.3 is 6.18 Å². The summed E-state index contributed by atoms with van der Waals surface area (Å²) in [5, 5.41) is 0. The zero-order valence-corrected chi connectivity index (χ0v) is 21.7. The molecule has 7 nitrogen and oxygen atoms in total. The van der Waals surface area contributed by atoms with Crippen LogP contribution in [0.25, 0.3) is 0 Å². The first-order valence-electron chi connectivity index (χ1n) is 12.7. The highest BCUT2D eigenvalue weighted by Crippen LogP contribution is 2.33. The summed E-state index contributed by atoms with van der Waals surface area (Å²) in [6, 6.07) is 13.0. The van der Waals surface area contributed by atoms with Crippen LogP contribution in [0.15, 0.2) is 48.7 Å². The Bertz CT molecular complexity index is 1300. The van der Waals surface area contributed by atoms with E-state index in [-0.39, 0.29) is 30.8 Å². The summed E-state index contributed by atoms with van der Waals surface area (Å²) in [5.74, 6) is 0.866. The fourth-order valence-corrected chi connectivity index (χ4v) is 4.78. The molecule has 203 valence electrons. The third-order valence-corrected chi connectivity index (χ3v) is 6.85. The number of halogens is 3. The van der Waals surface area contributed by atoms with Gasteiger partial charge in [-0.3, -0.25) is 0 Å². The summed E-state index contributed by atoms with van der Waals surface area (Å²) in [5.41, 5.74) is 2.41. The van der Waals surface area contributed by atoms with Crippen molar-refractivity contribution in [1.82, 2.24) is 14.8 Å². The van der Waals surface area contributed by atoms with Crippen molar-refractivity contribution in [2.75, 3.05) is 38.2 Å². The van der Waals surface area contributed by atoms with Crippen LogP contribution in [-0.2, 0) is 41.4 Å². The maximum Gasteiger partial charge on any atom is 0.419 e. The van der Waals surface area contributed by atoms with E-state index in [0.29, 0.717) is 12.2 Å². The molecule has 4 rings (SSSR count). The van der Waals surface area contributed by atoms with Crippen LogP contribution in [0.1, 0.15) is 33.8 Å². The highest BCUT2D eigenvalue weighted by Gasteiger charge is 2.35. The standard InChI is InChI=1S/C28H29BF3N4O3/c1-39-26-17-23(35-11-13-36(14-12-35)29-19-38)8-6-22(26)16-27-33-18-24(28(30,31)32)25(34-27)9-7-20-4-2-3-5-21(20)10-15-37/h2-6,8,15,17-19H,7,9-14,16H2,1H3. The summed E-state index contributed by atoms with van der Waals surface area (Å²) in [7, 11) is 3.10. The Labute approximate surface area is 226 Å². The number of carbonyl (C=O) groups excluding carboxylic acids is 2. The third kappa shape index (κ3) is 7.23. The van der Waals surface area contributed by atoms with Gasteiger partial charge in [-0.15, -0.1) is 0 Å². The molecular weight excluding hydrogens is 508 g/mol. The number of rotatable bonds is 11. The number of piperazine rings is 1. The van der Waals surface area contributed by atoms with Crippen LogP contribution in [0.3, 0.4) is 0 Å². The minimum Gasteiger partial charge on any atom is -0.496 e. The minimum absolute atomic E-state index is 0.0593. The number of benzene rings is 2. The summed E-state index contributed by atoms with van der Waals surface area (Å²) in [6.45, 7) is 2.94. The average Bonchev–Trinajstić information content (AvgIpc) is 2.93. The van der Waals surface area contributed by atoms with E-state index >= 15 is 0 Å². The number of carbonyl (C=O) groups is 2. The van der Waals surface area contributed by atoms with Crippen molar-refractivity contribution in [3.8, 4) is 5.75 Å². The molecule has 0 bridgehead atoms. The Morgan fingerprint density at radius 2 is 1.74 bits per heavy atom. The van der Waals surface area contributed by atoms with Gasteiger partial charge in [0.2, 0.25) is 0 Å². The van der Waals surface area contributed by atoms with Crippen molar-refractivity contribution in [1.29, 1.82) is 0 Å². The highest BCUT2D eigenvalue weighted by atomic mass is 19.4. The molecule has 1 fully saturated rings. The van der Waals surface area contributed by atoms with E-state index in [0.717, 1.165) is 67.2 Å². The highest BCUT2D eigenvalue weighted by molar-refractivity contribution is 6.64. The predicted octanol–water partition coefficient (Wildman–Crippen LogP) is 3.55. The average molecular weight is 537 g/mol.